The number of nitrogens with one attached hydrogen (secondary N) is 1. The molecule has 0 amide bonds. The van der Waals surface area contributed by atoms with Gasteiger partial charge >= 0.3 is 6.43 Å². The van der Waals surface area contributed by atoms with Crippen molar-refractivity contribution in [3.8, 4) is 11.5 Å². The molecular formula is C12H13F2N5O. The summed E-state index contributed by atoms with van der Waals surface area (Å²) in [6.45, 7) is 2.09. The summed E-state index contributed by atoms with van der Waals surface area (Å²) in [6.07, 6.45) is 2.61. The van der Waals surface area contributed by atoms with E-state index in [0.29, 0.717) is 23.5 Å². The van der Waals surface area contributed by atoms with E-state index in [1.54, 1.807) is 0 Å². The van der Waals surface area contributed by atoms with Crippen molar-refractivity contribution in [2.75, 3.05) is 5.32 Å². The standard InChI is InChI=1S/C12H13F2N5O/c1-6(7-2-3-7)17-12-15-4-8(5-16-12)10-18-19-11(20-10)9(13)14/h4-7,9H,2-3H2,1H3,(H,15,16,17). The molecule has 2 aromatic rings. The number of anilines is 1. The summed E-state index contributed by atoms with van der Waals surface area (Å²) in [7, 11) is 0. The van der Waals surface area contributed by atoms with Crippen LogP contribution in [0.5, 0.6) is 0 Å². The van der Waals surface area contributed by atoms with E-state index in [-0.39, 0.29) is 5.89 Å². The van der Waals surface area contributed by atoms with Gasteiger partial charge in [-0.15, -0.1) is 10.2 Å². The Morgan fingerprint density at radius 2 is 1.95 bits per heavy atom. The van der Waals surface area contributed by atoms with Gasteiger partial charge in [-0.25, -0.2) is 9.97 Å². The molecule has 0 aliphatic heterocycles. The number of halogens is 2. The highest BCUT2D eigenvalue weighted by Gasteiger charge is 2.28. The minimum Gasteiger partial charge on any atom is -0.415 e. The highest BCUT2D eigenvalue weighted by Crippen LogP contribution is 2.33. The smallest absolute Gasteiger partial charge is 0.314 e. The van der Waals surface area contributed by atoms with Crippen LogP contribution in [0.25, 0.3) is 11.5 Å². The maximum absolute atomic E-state index is 12.3. The zero-order chi connectivity index (χ0) is 14.1. The van der Waals surface area contributed by atoms with Gasteiger partial charge in [0.1, 0.15) is 0 Å². The van der Waals surface area contributed by atoms with Crippen molar-refractivity contribution in [2.24, 2.45) is 5.92 Å². The molecule has 1 aliphatic rings. The second-order valence-corrected chi connectivity index (χ2v) is 4.81. The molecule has 1 atom stereocenters. The Labute approximate surface area is 113 Å². The Hall–Kier alpha value is -2.12. The van der Waals surface area contributed by atoms with E-state index < -0.39 is 12.3 Å². The lowest BCUT2D eigenvalue weighted by Crippen LogP contribution is -2.18. The van der Waals surface area contributed by atoms with Gasteiger partial charge in [-0.05, 0) is 25.7 Å². The molecule has 0 saturated heterocycles. The minimum atomic E-state index is -2.78. The fourth-order valence-corrected chi connectivity index (χ4v) is 1.87. The molecule has 1 unspecified atom stereocenters. The molecule has 6 nitrogen and oxygen atoms in total. The molecular weight excluding hydrogens is 268 g/mol. The topological polar surface area (TPSA) is 76.7 Å². The quantitative estimate of drug-likeness (QED) is 0.908. The van der Waals surface area contributed by atoms with E-state index in [4.69, 9.17) is 4.42 Å². The van der Waals surface area contributed by atoms with Crippen molar-refractivity contribution in [1.82, 2.24) is 20.2 Å². The second-order valence-electron chi connectivity index (χ2n) is 4.81. The summed E-state index contributed by atoms with van der Waals surface area (Å²) in [4.78, 5) is 8.24. The average Bonchev–Trinajstić information content (AvgIpc) is 3.17. The first kappa shape index (κ1) is 12.9. The van der Waals surface area contributed by atoms with Gasteiger partial charge in [0.05, 0.1) is 5.56 Å². The van der Waals surface area contributed by atoms with Crippen LogP contribution in [0.3, 0.4) is 0 Å². The molecule has 0 radical (unpaired) electrons. The highest BCUT2D eigenvalue weighted by molar-refractivity contribution is 5.50. The average molecular weight is 281 g/mol. The van der Waals surface area contributed by atoms with Crippen LogP contribution in [0.1, 0.15) is 32.1 Å². The number of rotatable bonds is 5. The summed E-state index contributed by atoms with van der Waals surface area (Å²) in [5.41, 5.74) is 0.411. The van der Waals surface area contributed by atoms with Crippen molar-refractivity contribution in [1.29, 1.82) is 0 Å². The molecule has 1 N–H and O–H groups in total. The number of aromatic nitrogens is 4. The fourth-order valence-electron chi connectivity index (χ4n) is 1.87. The van der Waals surface area contributed by atoms with Gasteiger partial charge in [0.15, 0.2) is 0 Å². The molecule has 2 aromatic heterocycles. The fraction of sp³-hybridized carbons (Fsp3) is 0.500. The molecule has 0 aromatic carbocycles. The van der Waals surface area contributed by atoms with Gasteiger partial charge in [0, 0.05) is 18.4 Å². The summed E-state index contributed by atoms with van der Waals surface area (Å²) < 4.78 is 29.5. The lowest BCUT2D eigenvalue weighted by molar-refractivity contribution is 0.116. The third-order valence-electron chi connectivity index (χ3n) is 3.21. The van der Waals surface area contributed by atoms with Crippen molar-refractivity contribution in [3.05, 3.63) is 18.3 Å². The van der Waals surface area contributed by atoms with E-state index in [1.807, 2.05) is 0 Å². The molecule has 2 heterocycles. The second kappa shape index (κ2) is 5.10. The molecule has 1 saturated carbocycles. The van der Waals surface area contributed by atoms with Crippen LogP contribution in [-0.2, 0) is 0 Å². The van der Waals surface area contributed by atoms with E-state index in [2.05, 4.69) is 32.4 Å². The SMILES string of the molecule is CC(Nc1ncc(-c2nnc(C(F)F)o2)cn1)C1CC1. The normalized spacial score (nSPS) is 16.4. The van der Waals surface area contributed by atoms with E-state index in [9.17, 15) is 8.78 Å². The number of hydrogen-bond acceptors (Lipinski definition) is 6. The zero-order valence-corrected chi connectivity index (χ0v) is 10.8. The number of nitrogens with zero attached hydrogens (tertiary/aromatic N) is 4. The van der Waals surface area contributed by atoms with Gasteiger partial charge in [0.25, 0.3) is 11.8 Å². The molecule has 0 bridgehead atoms. The third-order valence-corrected chi connectivity index (χ3v) is 3.21. The van der Waals surface area contributed by atoms with Crippen molar-refractivity contribution in [3.63, 3.8) is 0 Å². The lowest BCUT2D eigenvalue weighted by atomic mass is 10.2. The number of hydrogen-bond donors (Lipinski definition) is 1. The van der Waals surface area contributed by atoms with E-state index in [0.717, 1.165) is 0 Å². The molecule has 3 rings (SSSR count). The molecule has 1 fully saturated rings. The van der Waals surface area contributed by atoms with Crippen LogP contribution >= 0.6 is 0 Å². The highest BCUT2D eigenvalue weighted by atomic mass is 19.3. The summed E-state index contributed by atoms with van der Waals surface area (Å²) in [5.74, 6) is 0.469. The Morgan fingerprint density at radius 1 is 1.25 bits per heavy atom. The maximum Gasteiger partial charge on any atom is 0.314 e. The van der Waals surface area contributed by atoms with Crippen molar-refractivity contribution in [2.45, 2.75) is 32.2 Å². The zero-order valence-electron chi connectivity index (χ0n) is 10.8. The predicted octanol–water partition coefficient (Wildman–Crippen LogP) is 2.67. The van der Waals surface area contributed by atoms with Crippen LogP contribution in [0, 0.1) is 5.92 Å². The van der Waals surface area contributed by atoms with Gasteiger partial charge in [-0.3, -0.25) is 0 Å². The van der Waals surface area contributed by atoms with E-state index >= 15 is 0 Å². The van der Waals surface area contributed by atoms with Crippen molar-refractivity contribution < 1.29 is 13.2 Å². The summed E-state index contributed by atoms with van der Waals surface area (Å²) in [5, 5.41) is 9.99. The summed E-state index contributed by atoms with van der Waals surface area (Å²) >= 11 is 0. The molecule has 106 valence electrons. The van der Waals surface area contributed by atoms with Gasteiger partial charge < -0.3 is 9.73 Å². The van der Waals surface area contributed by atoms with Crippen LogP contribution < -0.4 is 5.32 Å². The minimum absolute atomic E-state index is 0.0120. The van der Waals surface area contributed by atoms with Crippen molar-refractivity contribution >= 4 is 5.95 Å². The van der Waals surface area contributed by atoms with Gasteiger partial charge in [-0.2, -0.15) is 8.78 Å². The van der Waals surface area contributed by atoms with Gasteiger partial charge in [0.2, 0.25) is 5.95 Å². The predicted molar refractivity (Wildman–Crippen MR) is 66.1 cm³/mol. The Kier molecular flexibility index (Phi) is 3.29. The lowest BCUT2D eigenvalue weighted by Gasteiger charge is -2.11. The maximum atomic E-state index is 12.3. The molecule has 20 heavy (non-hydrogen) atoms. The van der Waals surface area contributed by atoms with Crippen LogP contribution in [0.15, 0.2) is 16.8 Å². The first-order chi connectivity index (χ1) is 9.63. The Balaban J connectivity index is 1.71. The van der Waals surface area contributed by atoms with E-state index in [1.165, 1.54) is 25.2 Å². The third kappa shape index (κ3) is 2.73. The summed E-state index contributed by atoms with van der Waals surface area (Å²) in [6, 6.07) is 0.328. The number of alkyl halides is 2. The Morgan fingerprint density at radius 3 is 2.50 bits per heavy atom. The van der Waals surface area contributed by atoms with Crippen LogP contribution in [0.4, 0.5) is 14.7 Å². The largest absolute Gasteiger partial charge is 0.415 e. The first-order valence-corrected chi connectivity index (χ1v) is 6.34. The Bertz CT molecular complexity index is 582. The van der Waals surface area contributed by atoms with Gasteiger partial charge in [-0.1, -0.05) is 0 Å². The van der Waals surface area contributed by atoms with Crippen LogP contribution in [0.2, 0.25) is 0 Å². The molecule has 8 heteroatoms. The van der Waals surface area contributed by atoms with Crippen LogP contribution in [-0.4, -0.2) is 26.2 Å². The first-order valence-electron chi connectivity index (χ1n) is 6.34. The monoisotopic (exact) mass is 281 g/mol. The molecule has 0 spiro atoms. The molecule has 1 aliphatic carbocycles.